The number of benzene rings is 1. The van der Waals surface area contributed by atoms with Crippen LogP contribution in [0.5, 0.6) is 11.5 Å². The summed E-state index contributed by atoms with van der Waals surface area (Å²) >= 11 is 1.61. The van der Waals surface area contributed by atoms with E-state index in [2.05, 4.69) is 21.1 Å². The molecule has 0 saturated carbocycles. The summed E-state index contributed by atoms with van der Waals surface area (Å²) in [6, 6.07) is 10.3. The zero-order chi connectivity index (χ0) is 17.9. The van der Waals surface area contributed by atoms with E-state index in [1.807, 2.05) is 29.6 Å². The minimum Gasteiger partial charge on any atom is -0.497 e. The van der Waals surface area contributed by atoms with Gasteiger partial charge in [-0.2, -0.15) is 4.98 Å². The number of methoxy groups -OCH3 is 2. The van der Waals surface area contributed by atoms with Gasteiger partial charge in [0, 0.05) is 17.7 Å². The Balaban J connectivity index is 1.54. The topological polar surface area (TPSA) is 60.6 Å². The van der Waals surface area contributed by atoms with Gasteiger partial charge in [0.2, 0.25) is 11.7 Å². The maximum absolute atomic E-state index is 5.60. The first-order valence-corrected chi connectivity index (χ1v) is 9.49. The van der Waals surface area contributed by atoms with Crippen LogP contribution in [0.4, 0.5) is 0 Å². The van der Waals surface area contributed by atoms with E-state index in [0.717, 1.165) is 35.8 Å². The number of likely N-dealkylation sites (tertiary alicyclic amines) is 1. The quantitative estimate of drug-likeness (QED) is 0.649. The van der Waals surface area contributed by atoms with Crippen molar-refractivity contribution < 1.29 is 14.0 Å². The molecule has 1 saturated heterocycles. The summed E-state index contributed by atoms with van der Waals surface area (Å²) in [5.74, 6) is 2.96. The summed E-state index contributed by atoms with van der Waals surface area (Å²) in [5.41, 5.74) is 1.17. The third-order valence-corrected chi connectivity index (χ3v) is 5.58. The molecule has 0 unspecified atom stereocenters. The van der Waals surface area contributed by atoms with Crippen molar-refractivity contribution >= 4 is 11.3 Å². The fraction of sp³-hybridized carbons (Fsp3) is 0.368. The Bertz CT molecular complexity index is 863. The van der Waals surface area contributed by atoms with Crippen LogP contribution >= 0.6 is 11.3 Å². The highest BCUT2D eigenvalue weighted by Crippen LogP contribution is 2.39. The Labute approximate surface area is 156 Å². The fourth-order valence-electron chi connectivity index (χ4n) is 3.46. The highest BCUT2D eigenvalue weighted by Gasteiger charge is 2.30. The van der Waals surface area contributed by atoms with Crippen molar-refractivity contribution in [2.24, 2.45) is 0 Å². The van der Waals surface area contributed by atoms with Gasteiger partial charge in [-0.3, -0.25) is 4.90 Å². The molecule has 1 aliphatic heterocycles. The van der Waals surface area contributed by atoms with Crippen molar-refractivity contribution in [3.8, 4) is 22.2 Å². The van der Waals surface area contributed by atoms with E-state index in [-0.39, 0.29) is 6.04 Å². The lowest BCUT2D eigenvalue weighted by molar-refractivity contribution is 0.209. The molecule has 1 atom stereocenters. The highest BCUT2D eigenvalue weighted by atomic mass is 32.1. The van der Waals surface area contributed by atoms with Gasteiger partial charge in [0.05, 0.1) is 25.6 Å². The molecule has 1 fully saturated rings. The van der Waals surface area contributed by atoms with Crippen molar-refractivity contribution in [1.82, 2.24) is 15.0 Å². The van der Waals surface area contributed by atoms with Gasteiger partial charge in [0.25, 0.3) is 0 Å². The second-order valence-corrected chi connectivity index (χ2v) is 7.17. The summed E-state index contributed by atoms with van der Waals surface area (Å²) in [5, 5.41) is 6.12. The van der Waals surface area contributed by atoms with E-state index in [9.17, 15) is 0 Å². The molecule has 1 aromatic carbocycles. The maximum atomic E-state index is 5.60. The van der Waals surface area contributed by atoms with Crippen LogP contribution in [0, 0.1) is 0 Å². The predicted molar refractivity (Wildman–Crippen MR) is 99.5 cm³/mol. The number of hydrogen-bond donors (Lipinski definition) is 0. The average molecular weight is 371 g/mol. The van der Waals surface area contributed by atoms with Crippen LogP contribution < -0.4 is 9.47 Å². The van der Waals surface area contributed by atoms with E-state index in [1.54, 1.807) is 25.6 Å². The number of thiophene rings is 1. The molecule has 6 nitrogen and oxygen atoms in total. The SMILES string of the molecule is COc1ccc([C@H]2CCCN2Cc2nc(-c3cccs3)no2)c(OC)c1. The lowest BCUT2D eigenvalue weighted by Crippen LogP contribution is -2.23. The molecule has 136 valence electrons. The molecule has 0 bridgehead atoms. The summed E-state index contributed by atoms with van der Waals surface area (Å²) in [4.78, 5) is 7.95. The zero-order valence-corrected chi connectivity index (χ0v) is 15.7. The van der Waals surface area contributed by atoms with Crippen LogP contribution in [0.15, 0.2) is 40.2 Å². The molecule has 7 heteroatoms. The first kappa shape index (κ1) is 17.1. The normalized spacial score (nSPS) is 17.5. The highest BCUT2D eigenvalue weighted by molar-refractivity contribution is 7.13. The molecule has 26 heavy (non-hydrogen) atoms. The number of aromatic nitrogens is 2. The molecule has 2 aromatic heterocycles. The van der Waals surface area contributed by atoms with E-state index < -0.39 is 0 Å². The van der Waals surface area contributed by atoms with Crippen molar-refractivity contribution in [2.75, 3.05) is 20.8 Å². The molecule has 4 rings (SSSR count). The van der Waals surface area contributed by atoms with Gasteiger partial charge in [0.15, 0.2) is 0 Å². The lowest BCUT2D eigenvalue weighted by atomic mass is 10.0. The van der Waals surface area contributed by atoms with Gasteiger partial charge in [-0.25, -0.2) is 0 Å². The van der Waals surface area contributed by atoms with Gasteiger partial charge in [0.1, 0.15) is 11.5 Å². The Morgan fingerprint density at radius 1 is 1.27 bits per heavy atom. The molecular weight excluding hydrogens is 350 g/mol. The number of rotatable bonds is 6. The summed E-state index contributed by atoms with van der Waals surface area (Å²) < 4.78 is 16.4. The molecular formula is C19H21N3O3S. The van der Waals surface area contributed by atoms with Crippen LogP contribution in [-0.2, 0) is 6.54 Å². The van der Waals surface area contributed by atoms with E-state index in [4.69, 9.17) is 14.0 Å². The van der Waals surface area contributed by atoms with E-state index in [1.165, 1.54) is 5.56 Å². The Hall–Kier alpha value is -2.38. The number of ether oxygens (including phenoxy) is 2. The maximum Gasteiger partial charge on any atom is 0.241 e. The molecule has 0 aliphatic carbocycles. The van der Waals surface area contributed by atoms with E-state index >= 15 is 0 Å². The standard InChI is InChI=1S/C19H21N3O3S/c1-23-13-7-8-14(16(11-13)24-2)15-5-3-9-22(15)12-18-20-19(21-25-18)17-6-4-10-26-17/h4,6-8,10-11,15H,3,5,9,12H2,1-2H3/t15-/m1/s1. The van der Waals surface area contributed by atoms with Crippen LogP contribution in [0.25, 0.3) is 10.7 Å². The van der Waals surface area contributed by atoms with Crippen molar-refractivity contribution in [3.05, 3.63) is 47.2 Å². The zero-order valence-electron chi connectivity index (χ0n) is 14.8. The lowest BCUT2D eigenvalue weighted by Gasteiger charge is -2.25. The van der Waals surface area contributed by atoms with Crippen molar-refractivity contribution in [3.63, 3.8) is 0 Å². The monoisotopic (exact) mass is 371 g/mol. The second-order valence-electron chi connectivity index (χ2n) is 6.23. The minimum absolute atomic E-state index is 0.271. The smallest absolute Gasteiger partial charge is 0.241 e. The van der Waals surface area contributed by atoms with Crippen molar-refractivity contribution in [2.45, 2.75) is 25.4 Å². The van der Waals surface area contributed by atoms with E-state index in [0.29, 0.717) is 18.3 Å². The van der Waals surface area contributed by atoms with Crippen LogP contribution in [0.2, 0.25) is 0 Å². The number of nitrogens with zero attached hydrogens (tertiary/aromatic N) is 3. The van der Waals surface area contributed by atoms with Gasteiger partial charge >= 0.3 is 0 Å². The first-order valence-electron chi connectivity index (χ1n) is 8.61. The first-order chi connectivity index (χ1) is 12.8. The van der Waals surface area contributed by atoms with Gasteiger partial charge < -0.3 is 14.0 Å². The molecule has 0 amide bonds. The third kappa shape index (κ3) is 3.32. The predicted octanol–water partition coefficient (Wildman–Crippen LogP) is 4.15. The van der Waals surface area contributed by atoms with Gasteiger partial charge in [-0.15, -0.1) is 11.3 Å². The summed E-state index contributed by atoms with van der Waals surface area (Å²) in [7, 11) is 3.36. The van der Waals surface area contributed by atoms with Gasteiger partial charge in [-0.05, 0) is 36.9 Å². The van der Waals surface area contributed by atoms with Crippen molar-refractivity contribution in [1.29, 1.82) is 0 Å². The molecule has 0 N–H and O–H groups in total. The van der Waals surface area contributed by atoms with Gasteiger partial charge in [-0.1, -0.05) is 17.3 Å². The largest absolute Gasteiger partial charge is 0.497 e. The summed E-state index contributed by atoms with van der Waals surface area (Å²) in [6.45, 7) is 1.63. The van der Waals surface area contributed by atoms with Crippen LogP contribution in [-0.4, -0.2) is 35.8 Å². The molecule has 0 radical (unpaired) electrons. The molecule has 3 aromatic rings. The third-order valence-electron chi connectivity index (χ3n) is 4.71. The van der Waals surface area contributed by atoms with Crippen LogP contribution in [0.3, 0.4) is 0 Å². The Kier molecular flexibility index (Phi) is 4.90. The number of hydrogen-bond acceptors (Lipinski definition) is 7. The molecule has 1 aliphatic rings. The molecule has 3 heterocycles. The fourth-order valence-corrected chi connectivity index (χ4v) is 4.11. The molecule has 0 spiro atoms. The average Bonchev–Trinajstić information content (AvgIpc) is 3.43. The second kappa shape index (κ2) is 7.47. The Morgan fingerprint density at radius 2 is 2.19 bits per heavy atom. The Morgan fingerprint density at radius 3 is 2.96 bits per heavy atom. The van der Waals surface area contributed by atoms with Crippen LogP contribution in [0.1, 0.15) is 30.3 Å². The minimum atomic E-state index is 0.271. The summed E-state index contributed by atoms with van der Waals surface area (Å²) in [6.07, 6.45) is 2.21.